The predicted octanol–water partition coefficient (Wildman–Crippen LogP) is -0.551. The second-order valence-corrected chi connectivity index (χ2v) is 2.36. The maximum atomic E-state index is 4.90. The highest BCUT2D eigenvalue weighted by molar-refractivity contribution is 7.80. The van der Waals surface area contributed by atoms with Crippen molar-refractivity contribution in [2.75, 3.05) is 0 Å². The summed E-state index contributed by atoms with van der Waals surface area (Å²) in [4.78, 5) is 7.78. The highest BCUT2D eigenvalue weighted by Gasteiger charge is 1.98. The SMILES string of the molecule is [SiH3]OC(=S)c1cnccn1. The molecule has 1 rings (SSSR count). The van der Waals surface area contributed by atoms with Crippen molar-refractivity contribution in [2.45, 2.75) is 0 Å². The van der Waals surface area contributed by atoms with Crippen LogP contribution in [0.1, 0.15) is 5.69 Å². The lowest BCUT2D eigenvalue weighted by atomic mass is 10.5. The van der Waals surface area contributed by atoms with Crippen LogP contribution in [0.25, 0.3) is 0 Å². The average molecular weight is 170 g/mol. The summed E-state index contributed by atoms with van der Waals surface area (Å²) in [6, 6.07) is 0. The molecule has 0 spiro atoms. The smallest absolute Gasteiger partial charge is 0.205 e. The Kier molecular flexibility index (Phi) is 2.47. The highest BCUT2D eigenvalue weighted by Crippen LogP contribution is 1.93. The minimum absolute atomic E-state index is 0.430. The van der Waals surface area contributed by atoms with Crippen molar-refractivity contribution in [1.82, 2.24) is 9.97 Å². The molecule has 0 fully saturated rings. The quantitative estimate of drug-likeness (QED) is 0.418. The van der Waals surface area contributed by atoms with E-state index in [1.165, 1.54) is 0 Å². The molecule has 0 amide bonds. The molecule has 1 aromatic rings. The summed E-state index contributed by atoms with van der Waals surface area (Å²) in [7, 11) is 0.599. The third-order valence-electron chi connectivity index (χ3n) is 0.958. The minimum atomic E-state index is 0.430. The molecule has 0 aliphatic rings. The van der Waals surface area contributed by atoms with E-state index < -0.39 is 0 Å². The molecule has 1 aromatic heterocycles. The Balaban J connectivity index is 2.85. The monoisotopic (exact) mass is 170 g/mol. The van der Waals surface area contributed by atoms with E-state index in [-0.39, 0.29) is 0 Å². The molecule has 3 nitrogen and oxygen atoms in total. The van der Waals surface area contributed by atoms with E-state index >= 15 is 0 Å². The topological polar surface area (TPSA) is 35.0 Å². The maximum Gasteiger partial charge on any atom is 0.205 e. The molecule has 0 radical (unpaired) electrons. The molecular weight excluding hydrogens is 164 g/mol. The first kappa shape index (κ1) is 7.30. The van der Waals surface area contributed by atoms with Crippen molar-refractivity contribution < 1.29 is 4.43 Å². The van der Waals surface area contributed by atoms with Crippen molar-refractivity contribution in [3.05, 3.63) is 24.3 Å². The van der Waals surface area contributed by atoms with Gasteiger partial charge in [0, 0.05) is 12.4 Å². The summed E-state index contributed by atoms with van der Waals surface area (Å²) >= 11 is 4.83. The van der Waals surface area contributed by atoms with Gasteiger partial charge in [-0.3, -0.25) is 4.98 Å². The Morgan fingerprint density at radius 2 is 2.40 bits per heavy atom. The molecule has 5 heteroatoms. The number of hydrogen-bond acceptors (Lipinski definition) is 4. The van der Waals surface area contributed by atoms with E-state index in [0.29, 0.717) is 21.2 Å². The van der Waals surface area contributed by atoms with E-state index in [9.17, 15) is 0 Å². The standard InChI is InChI=1S/C5H6N2OSSi/c9-5(8-10)4-3-6-1-2-7-4/h1-3H,10H3. The van der Waals surface area contributed by atoms with Crippen molar-refractivity contribution in [3.63, 3.8) is 0 Å². The average Bonchev–Trinajstić information content (AvgIpc) is 2.05. The van der Waals surface area contributed by atoms with Crippen LogP contribution >= 0.6 is 12.2 Å². The van der Waals surface area contributed by atoms with Crippen LogP contribution in [0.4, 0.5) is 0 Å². The van der Waals surface area contributed by atoms with Crippen LogP contribution in [-0.2, 0) is 4.43 Å². The van der Waals surface area contributed by atoms with Gasteiger partial charge in [0.2, 0.25) is 10.5 Å². The predicted molar refractivity (Wildman–Crippen MR) is 44.8 cm³/mol. The molecular formula is C5H6N2OSSi. The zero-order valence-corrected chi connectivity index (χ0v) is 8.26. The van der Waals surface area contributed by atoms with Gasteiger partial charge in [-0.25, -0.2) is 4.98 Å². The zero-order chi connectivity index (χ0) is 7.40. The van der Waals surface area contributed by atoms with Crippen molar-refractivity contribution in [1.29, 1.82) is 0 Å². The fourth-order valence-corrected chi connectivity index (χ4v) is 0.824. The van der Waals surface area contributed by atoms with Gasteiger partial charge in [0.1, 0.15) is 5.69 Å². The molecule has 0 N–H and O–H groups in total. The Hall–Kier alpha value is -0.813. The summed E-state index contributed by atoms with van der Waals surface area (Å²) in [5, 5.41) is 0.430. The van der Waals surface area contributed by atoms with Gasteiger partial charge >= 0.3 is 0 Å². The van der Waals surface area contributed by atoms with E-state index in [0.717, 1.165) is 0 Å². The first-order valence-corrected chi connectivity index (χ1v) is 3.91. The van der Waals surface area contributed by atoms with Gasteiger partial charge in [-0.15, -0.1) is 0 Å². The Bertz CT molecular complexity index is 228. The fourth-order valence-electron chi connectivity index (χ4n) is 0.509. The van der Waals surface area contributed by atoms with Crippen molar-refractivity contribution in [2.24, 2.45) is 0 Å². The van der Waals surface area contributed by atoms with E-state index in [1.54, 1.807) is 18.6 Å². The molecule has 0 saturated carbocycles. The fraction of sp³-hybridized carbons (Fsp3) is 0. The van der Waals surface area contributed by atoms with Gasteiger partial charge in [0.05, 0.1) is 6.20 Å². The van der Waals surface area contributed by atoms with E-state index in [4.69, 9.17) is 16.6 Å². The Labute approximate surface area is 67.0 Å². The molecule has 0 bridgehead atoms. The molecule has 0 saturated heterocycles. The second-order valence-electron chi connectivity index (χ2n) is 1.58. The summed E-state index contributed by atoms with van der Waals surface area (Å²) < 4.78 is 4.90. The molecule has 0 aliphatic carbocycles. The van der Waals surface area contributed by atoms with E-state index in [2.05, 4.69) is 9.97 Å². The lowest BCUT2D eigenvalue weighted by Gasteiger charge is -1.98. The number of nitrogens with zero attached hydrogens (tertiary/aromatic N) is 2. The molecule has 0 atom stereocenters. The van der Waals surface area contributed by atoms with Gasteiger partial charge in [-0.1, -0.05) is 0 Å². The number of thiocarbonyl (C=S) groups is 1. The van der Waals surface area contributed by atoms with Crippen LogP contribution in [0.3, 0.4) is 0 Å². The van der Waals surface area contributed by atoms with E-state index in [1.807, 2.05) is 0 Å². The normalized spacial score (nSPS) is 9.20. The molecule has 0 unspecified atom stereocenters. The lowest BCUT2D eigenvalue weighted by molar-refractivity contribution is 0.628. The summed E-state index contributed by atoms with van der Waals surface area (Å²) in [6.07, 6.45) is 4.77. The van der Waals surface area contributed by atoms with Gasteiger partial charge in [-0.2, -0.15) is 0 Å². The molecule has 1 heterocycles. The molecule has 52 valence electrons. The first-order chi connectivity index (χ1) is 4.84. The number of aromatic nitrogens is 2. The van der Waals surface area contributed by atoms with Gasteiger partial charge in [0.15, 0.2) is 5.05 Å². The third kappa shape index (κ3) is 1.58. The first-order valence-electron chi connectivity index (χ1n) is 2.69. The van der Waals surface area contributed by atoms with Crippen LogP contribution in [0.5, 0.6) is 0 Å². The lowest BCUT2D eigenvalue weighted by Crippen LogP contribution is -2.03. The number of hydrogen-bond donors (Lipinski definition) is 0. The van der Waals surface area contributed by atoms with Crippen LogP contribution in [0, 0.1) is 0 Å². The third-order valence-corrected chi connectivity index (χ3v) is 2.04. The summed E-state index contributed by atoms with van der Waals surface area (Å²) in [6.45, 7) is 0. The maximum absolute atomic E-state index is 4.90. The summed E-state index contributed by atoms with van der Waals surface area (Å²) in [5.41, 5.74) is 0.632. The van der Waals surface area contributed by atoms with Crippen LogP contribution in [0.2, 0.25) is 0 Å². The zero-order valence-electron chi connectivity index (χ0n) is 5.44. The number of rotatable bonds is 1. The van der Waals surface area contributed by atoms with Gasteiger partial charge < -0.3 is 4.43 Å². The van der Waals surface area contributed by atoms with Crippen molar-refractivity contribution >= 4 is 27.8 Å². The van der Waals surface area contributed by atoms with Crippen LogP contribution in [0.15, 0.2) is 18.6 Å². The van der Waals surface area contributed by atoms with Gasteiger partial charge in [-0.05, 0) is 12.2 Å². The Morgan fingerprint density at radius 3 is 2.90 bits per heavy atom. The minimum Gasteiger partial charge on any atom is -0.544 e. The van der Waals surface area contributed by atoms with Gasteiger partial charge in [0.25, 0.3) is 0 Å². The van der Waals surface area contributed by atoms with Crippen LogP contribution in [-0.4, -0.2) is 25.5 Å². The molecule has 10 heavy (non-hydrogen) atoms. The summed E-state index contributed by atoms with van der Waals surface area (Å²) in [5.74, 6) is 0. The molecule has 0 aromatic carbocycles. The van der Waals surface area contributed by atoms with Crippen molar-refractivity contribution in [3.8, 4) is 0 Å². The van der Waals surface area contributed by atoms with Crippen LogP contribution < -0.4 is 0 Å². The largest absolute Gasteiger partial charge is 0.544 e. The molecule has 0 aliphatic heterocycles. The Morgan fingerprint density at radius 1 is 1.60 bits per heavy atom. The second kappa shape index (κ2) is 3.38. The highest BCUT2D eigenvalue weighted by atomic mass is 32.1.